The van der Waals surface area contributed by atoms with Gasteiger partial charge in [-0.2, -0.15) is 0 Å². The van der Waals surface area contributed by atoms with E-state index >= 15 is 0 Å². The predicted molar refractivity (Wildman–Crippen MR) is 83.5 cm³/mol. The van der Waals surface area contributed by atoms with Crippen LogP contribution in [0.5, 0.6) is 0 Å². The van der Waals surface area contributed by atoms with Gasteiger partial charge in [-0.05, 0) is 72.7 Å². The lowest BCUT2D eigenvalue weighted by Gasteiger charge is -2.27. The fraction of sp³-hybridized carbons (Fsp3) is 0.571. The van der Waals surface area contributed by atoms with Crippen LogP contribution in [0.25, 0.3) is 0 Å². The largest absolute Gasteiger partial charge is 0.399 e. The first-order chi connectivity index (χ1) is 8.63. The summed E-state index contributed by atoms with van der Waals surface area (Å²) in [6, 6.07) is 6.24. The highest BCUT2D eigenvalue weighted by atomic mass is 127. The SMILES string of the molecule is CN(Cc1cc(N)cc(I)c1)CC1CCCCO1. The van der Waals surface area contributed by atoms with Crippen molar-refractivity contribution in [1.82, 2.24) is 4.90 Å². The van der Waals surface area contributed by atoms with E-state index in [1.54, 1.807) is 0 Å². The topological polar surface area (TPSA) is 38.5 Å². The van der Waals surface area contributed by atoms with Crippen LogP contribution in [0.4, 0.5) is 5.69 Å². The van der Waals surface area contributed by atoms with Crippen molar-refractivity contribution in [3.63, 3.8) is 0 Å². The third-order valence-corrected chi connectivity index (χ3v) is 3.84. The molecule has 4 heteroatoms. The summed E-state index contributed by atoms with van der Waals surface area (Å²) in [6.07, 6.45) is 4.12. The van der Waals surface area contributed by atoms with Gasteiger partial charge in [-0.15, -0.1) is 0 Å². The summed E-state index contributed by atoms with van der Waals surface area (Å²) in [5, 5.41) is 0. The molecule has 1 aliphatic heterocycles. The van der Waals surface area contributed by atoms with Crippen LogP contribution in [0.2, 0.25) is 0 Å². The molecule has 0 saturated carbocycles. The van der Waals surface area contributed by atoms with E-state index in [0.29, 0.717) is 6.10 Å². The highest BCUT2D eigenvalue weighted by Gasteiger charge is 2.15. The Labute approximate surface area is 123 Å². The average Bonchev–Trinajstić information content (AvgIpc) is 2.28. The van der Waals surface area contributed by atoms with Crippen molar-refractivity contribution in [3.05, 3.63) is 27.3 Å². The first-order valence-corrected chi connectivity index (χ1v) is 7.56. The number of hydrogen-bond donors (Lipinski definition) is 1. The van der Waals surface area contributed by atoms with Gasteiger partial charge in [-0.25, -0.2) is 0 Å². The molecule has 1 aromatic carbocycles. The van der Waals surface area contributed by atoms with Crippen molar-refractivity contribution in [2.75, 3.05) is 25.9 Å². The Kier molecular flexibility index (Phi) is 5.26. The smallest absolute Gasteiger partial charge is 0.0702 e. The lowest BCUT2D eigenvalue weighted by Crippen LogP contribution is -2.33. The maximum atomic E-state index is 5.87. The normalized spacial score (nSPS) is 20.3. The van der Waals surface area contributed by atoms with Gasteiger partial charge in [0, 0.05) is 29.0 Å². The maximum Gasteiger partial charge on any atom is 0.0702 e. The molecule has 0 bridgehead atoms. The van der Waals surface area contributed by atoms with E-state index in [-0.39, 0.29) is 0 Å². The molecule has 1 heterocycles. The second-order valence-electron chi connectivity index (χ2n) is 5.08. The molecule has 0 aromatic heterocycles. The summed E-state index contributed by atoms with van der Waals surface area (Å²) in [7, 11) is 2.15. The van der Waals surface area contributed by atoms with Crippen LogP contribution in [-0.2, 0) is 11.3 Å². The Morgan fingerprint density at radius 1 is 1.39 bits per heavy atom. The number of rotatable bonds is 4. The third-order valence-electron chi connectivity index (χ3n) is 3.22. The van der Waals surface area contributed by atoms with Crippen LogP contribution in [0.15, 0.2) is 18.2 Å². The fourth-order valence-electron chi connectivity index (χ4n) is 2.44. The highest BCUT2D eigenvalue weighted by Crippen LogP contribution is 2.17. The van der Waals surface area contributed by atoms with E-state index in [9.17, 15) is 0 Å². The van der Waals surface area contributed by atoms with Gasteiger partial charge in [-0.3, -0.25) is 4.90 Å². The molecular weight excluding hydrogens is 339 g/mol. The van der Waals surface area contributed by atoms with Crippen molar-refractivity contribution in [2.45, 2.75) is 31.9 Å². The minimum absolute atomic E-state index is 0.406. The number of anilines is 1. The van der Waals surface area contributed by atoms with Crippen LogP contribution in [0.1, 0.15) is 24.8 Å². The first-order valence-electron chi connectivity index (χ1n) is 6.48. The summed E-state index contributed by atoms with van der Waals surface area (Å²) in [6.45, 7) is 2.86. The molecule has 0 amide bonds. The molecule has 0 radical (unpaired) electrons. The zero-order chi connectivity index (χ0) is 13.0. The second-order valence-corrected chi connectivity index (χ2v) is 6.32. The molecular formula is C14H21IN2O. The number of likely N-dealkylation sites (N-methyl/N-ethyl adjacent to an activating group) is 1. The van der Waals surface area contributed by atoms with Crippen molar-refractivity contribution >= 4 is 28.3 Å². The molecule has 1 atom stereocenters. The Hall–Kier alpha value is -0.330. The summed E-state index contributed by atoms with van der Waals surface area (Å²) in [5.74, 6) is 0. The molecule has 100 valence electrons. The third kappa shape index (κ3) is 4.40. The lowest BCUT2D eigenvalue weighted by molar-refractivity contribution is -0.00259. The van der Waals surface area contributed by atoms with E-state index in [1.165, 1.54) is 28.4 Å². The van der Waals surface area contributed by atoms with Crippen molar-refractivity contribution in [3.8, 4) is 0 Å². The standard InChI is InChI=1S/C14H21IN2O/c1-17(10-14-4-2-3-5-18-14)9-11-6-12(15)8-13(16)7-11/h6-8,14H,2-5,9-10,16H2,1H3. The quantitative estimate of drug-likeness (QED) is 0.663. The predicted octanol–water partition coefficient (Wildman–Crippen LogP) is 2.87. The van der Waals surface area contributed by atoms with Crippen LogP contribution in [-0.4, -0.2) is 31.2 Å². The molecule has 18 heavy (non-hydrogen) atoms. The zero-order valence-electron chi connectivity index (χ0n) is 10.9. The molecule has 2 N–H and O–H groups in total. The molecule has 3 nitrogen and oxygen atoms in total. The highest BCUT2D eigenvalue weighted by molar-refractivity contribution is 14.1. The summed E-state index contributed by atoms with van der Waals surface area (Å²) >= 11 is 2.31. The van der Waals surface area contributed by atoms with E-state index in [4.69, 9.17) is 10.5 Å². The van der Waals surface area contributed by atoms with Crippen molar-refractivity contribution < 1.29 is 4.74 Å². The number of nitrogen functional groups attached to an aromatic ring is 1. The minimum atomic E-state index is 0.406. The number of halogens is 1. The van der Waals surface area contributed by atoms with Gasteiger partial charge in [0.2, 0.25) is 0 Å². The average molecular weight is 360 g/mol. The number of hydrogen-bond acceptors (Lipinski definition) is 3. The zero-order valence-corrected chi connectivity index (χ0v) is 13.0. The molecule has 1 aliphatic rings. The van der Waals surface area contributed by atoms with E-state index in [1.807, 2.05) is 6.07 Å². The summed E-state index contributed by atoms with van der Waals surface area (Å²) in [5.41, 5.74) is 7.99. The molecule has 1 aromatic rings. The number of benzene rings is 1. The molecule has 2 rings (SSSR count). The number of ether oxygens (including phenoxy) is 1. The fourth-order valence-corrected chi connectivity index (χ4v) is 3.20. The van der Waals surface area contributed by atoms with Gasteiger partial charge < -0.3 is 10.5 Å². The first kappa shape index (κ1) is 14.1. The van der Waals surface area contributed by atoms with Crippen LogP contribution < -0.4 is 5.73 Å². The van der Waals surface area contributed by atoms with Crippen LogP contribution in [0, 0.1) is 3.57 Å². The Morgan fingerprint density at radius 2 is 2.22 bits per heavy atom. The number of nitrogens with two attached hydrogens (primary N) is 1. The van der Waals surface area contributed by atoms with Gasteiger partial charge in [-0.1, -0.05) is 0 Å². The van der Waals surface area contributed by atoms with Gasteiger partial charge in [0.15, 0.2) is 0 Å². The Bertz CT molecular complexity index is 371. The molecule has 1 saturated heterocycles. The van der Waals surface area contributed by atoms with Crippen molar-refractivity contribution in [2.24, 2.45) is 0 Å². The Balaban J connectivity index is 1.87. The summed E-state index contributed by atoms with van der Waals surface area (Å²) in [4.78, 5) is 2.32. The molecule has 0 spiro atoms. The van der Waals surface area contributed by atoms with E-state index in [2.05, 4.69) is 46.7 Å². The van der Waals surface area contributed by atoms with Crippen LogP contribution >= 0.6 is 22.6 Å². The van der Waals surface area contributed by atoms with E-state index < -0.39 is 0 Å². The van der Waals surface area contributed by atoms with E-state index in [0.717, 1.165) is 25.4 Å². The van der Waals surface area contributed by atoms with Gasteiger partial charge in [0.25, 0.3) is 0 Å². The number of nitrogens with zero attached hydrogens (tertiary/aromatic N) is 1. The Morgan fingerprint density at radius 3 is 2.89 bits per heavy atom. The maximum absolute atomic E-state index is 5.87. The second kappa shape index (κ2) is 6.73. The molecule has 1 unspecified atom stereocenters. The van der Waals surface area contributed by atoms with Gasteiger partial charge in [0.1, 0.15) is 0 Å². The van der Waals surface area contributed by atoms with Crippen LogP contribution in [0.3, 0.4) is 0 Å². The summed E-state index contributed by atoms with van der Waals surface area (Å²) < 4.78 is 6.96. The molecule has 1 fully saturated rings. The lowest BCUT2D eigenvalue weighted by atomic mass is 10.1. The van der Waals surface area contributed by atoms with Crippen molar-refractivity contribution in [1.29, 1.82) is 0 Å². The monoisotopic (exact) mass is 360 g/mol. The molecule has 0 aliphatic carbocycles. The van der Waals surface area contributed by atoms with Gasteiger partial charge >= 0.3 is 0 Å². The minimum Gasteiger partial charge on any atom is -0.399 e. The van der Waals surface area contributed by atoms with Gasteiger partial charge in [0.05, 0.1) is 6.10 Å².